The van der Waals surface area contributed by atoms with Crippen molar-refractivity contribution in [2.24, 2.45) is 5.73 Å². The fourth-order valence-corrected chi connectivity index (χ4v) is 4.16. The second-order valence-electron chi connectivity index (χ2n) is 9.73. The van der Waals surface area contributed by atoms with Crippen LogP contribution in [-0.2, 0) is 4.79 Å². The monoisotopic (exact) mass is 453 g/mol. The van der Waals surface area contributed by atoms with E-state index in [0.717, 1.165) is 32.2 Å². The third-order valence-corrected chi connectivity index (χ3v) is 6.41. The molecule has 0 heterocycles. The number of hydrogen-bond acceptors (Lipinski definition) is 2. The van der Waals surface area contributed by atoms with Crippen molar-refractivity contribution in [2.45, 2.75) is 135 Å². The van der Waals surface area contributed by atoms with E-state index >= 15 is 0 Å². The third kappa shape index (κ3) is 20.6. The number of unbranched alkanes of at least 4 members (excludes halogenated alkanes) is 17. The summed E-state index contributed by atoms with van der Waals surface area (Å²) >= 11 is 0. The van der Waals surface area contributed by atoms with Gasteiger partial charge in [-0.05, 0) is 19.3 Å². The Balaban J connectivity index is 3.45. The second-order valence-corrected chi connectivity index (χ2v) is 9.73. The minimum atomic E-state index is -0.310. The van der Waals surface area contributed by atoms with Crippen molar-refractivity contribution in [3.8, 4) is 0 Å². The molecule has 0 atom stereocenters. The number of primary amides is 1. The van der Waals surface area contributed by atoms with Gasteiger partial charge < -0.3 is 15.5 Å². The zero-order valence-electron chi connectivity index (χ0n) is 21.8. The van der Waals surface area contributed by atoms with Gasteiger partial charge in [0.1, 0.15) is 0 Å². The molecule has 0 rings (SSSR count). The first-order chi connectivity index (χ1) is 15.5. The van der Waals surface area contributed by atoms with Crippen molar-refractivity contribution >= 4 is 11.9 Å². The molecule has 0 spiro atoms. The van der Waals surface area contributed by atoms with Crippen LogP contribution in [0.3, 0.4) is 0 Å². The number of nitrogens with zero attached hydrogens (tertiary/aromatic N) is 2. The number of rotatable bonds is 23. The molecule has 5 nitrogen and oxygen atoms in total. The molecule has 0 saturated carbocycles. The van der Waals surface area contributed by atoms with Gasteiger partial charge in [-0.3, -0.25) is 4.79 Å². The molecule has 3 amide bonds. The van der Waals surface area contributed by atoms with Gasteiger partial charge in [0, 0.05) is 33.6 Å². The van der Waals surface area contributed by atoms with Gasteiger partial charge in [-0.1, -0.05) is 110 Å². The van der Waals surface area contributed by atoms with Gasteiger partial charge in [-0.2, -0.15) is 0 Å². The molecular formula is C27H55N3O2. The first-order valence-electron chi connectivity index (χ1n) is 13.7. The normalized spacial score (nSPS) is 11.0. The number of carbonyl (C=O) groups is 2. The van der Waals surface area contributed by atoms with Gasteiger partial charge in [0.2, 0.25) is 5.91 Å². The number of carbonyl (C=O) groups excluding carboxylic acids is 2. The Labute approximate surface area is 199 Å². The molecule has 0 bridgehead atoms. The van der Waals surface area contributed by atoms with Gasteiger partial charge in [0.15, 0.2) is 0 Å². The molecule has 0 aliphatic carbocycles. The SMILES string of the molecule is CCCCCCCCCCCCCCCCCCN(CCCCCC(=O)N(C)C)C(N)=O. The highest BCUT2D eigenvalue weighted by Crippen LogP contribution is 2.14. The molecule has 32 heavy (non-hydrogen) atoms. The predicted octanol–water partition coefficient (Wildman–Crippen LogP) is 7.28. The summed E-state index contributed by atoms with van der Waals surface area (Å²) in [6.07, 6.45) is 25.0. The van der Waals surface area contributed by atoms with E-state index in [2.05, 4.69) is 6.92 Å². The lowest BCUT2D eigenvalue weighted by atomic mass is 10.0. The van der Waals surface area contributed by atoms with Crippen LogP contribution in [0.15, 0.2) is 0 Å². The summed E-state index contributed by atoms with van der Waals surface area (Å²) < 4.78 is 0. The zero-order valence-corrected chi connectivity index (χ0v) is 21.8. The van der Waals surface area contributed by atoms with E-state index < -0.39 is 0 Å². The van der Waals surface area contributed by atoms with Gasteiger partial charge in [-0.25, -0.2) is 4.79 Å². The minimum absolute atomic E-state index is 0.171. The molecule has 0 unspecified atom stereocenters. The smallest absolute Gasteiger partial charge is 0.314 e. The van der Waals surface area contributed by atoms with Crippen molar-refractivity contribution in [3.63, 3.8) is 0 Å². The average Bonchev–Trinajstić information content (AvgIpc) is 2.76. The average molecular weight is 454 g/mol. The van der Waals surface area contributed by atoms with Crippen LogP contribution in [0.25, 0.3) is 0 Å². The maximum atomic E-state index is 11.6. The topological polar surface area (TPSA) is 66.6 Å². The van der Waals surface area contributed by atoms with Gasteiger partial charge in [-0.15, -0.1) is 0 Å². The molecule has 5 heteroatoms. The quantitative estimate of drug-likeness (QED) is 0.165. The van der Waals surface area contributed by atoms with E-state index in [0.29, 0.717) is 13.0 Å². The number of nitrogens with two attached hydrogens (primary N) is 1. The van der Waals surface area contributed by atoms with Crippen molar-refractivity contribution < 1.29 is 9.59 Å². The molecule has 2 N–H and O–H groups in total. The van der Waals surface area contributed by atoms with Crippen LogP contribution >= 0.6 is 0 Å². The predicted molar refractivity (Wildman–Crippen MR) is 138 cm³/mol. The van der Waals surface area contributed by atoms with E-state index in [1.807, 2.05) is 0 Å². The molecular weight excluding hydrogens is 398 g/mol. The lowest BCUT2D eigenvalue weighted by molar-refractivity contribution is -0.128. The van der Waals surface area contributed by atoms with Gasteiger partial charge >= 0.3 is 6.03 Å². The summed E-state index contributed by atoms with van der Waals surface area (Å²) in [4.78, 5) is 26.6. The Hall–Kier alpha value is -1.26. The van der Waals surface area contributed by atoms with Crippen molar-refractivity contribution in [2.75, 3.05) is 27.2 Å². The lowest BCUT2D eigenvalue weighted by Gasteiger charge is -2.20. The van der Waals surface area contributed by atoms with E-state index in [1.54, 1.807) is 23.9 Å². The summed E-state index contributed by atoms with van der Waals surface area (Å²) in [5, 5.41) is 0. The van der Waals surface area contributed by atoms with Crippen LogP contribution in [0.2, 0.25) is 0 Å². The van der Waals surface area contributed by atoms with Crippen LogP contribution < -0.4 is 5.73 Å². The highest BCUT2D eigenvalue weighted by Gasteiger charge is 2.09. The molecule has 0 saturated heterocycles. The first-order valence-corrected chi connectivity index (χ1v) is 13.7. The molecule has 0 aromatic rings. The van der Waals surface area contributed by atoms with E-state index in [4.69, 9.17) is 5.73 Å². The second kappa shape index (κ2) is 22.9. The molecule has 0 aliphatic rings. The van der Waals surface area contributed by atoms with E-state index in [-0.39, 0.29) is 11.9 Å². The Kier molecular flexibility index (Phi) is 22.0. The summed E-state index contributed by atoms with van der Waals surface area (Å²) in [5.41, 5.74) is 5.53. The van der Waals surface area contributed by atoms with Crippen molar-refractivity contribution in [1.29, 1.82) is 0 Å². The molecule has 0 fully saturated rings. The van der Waals surface area contributed by atoms with E-state index in [9.17, 15) is 9.59 Å². The van der Waals surface area contributed by atoms with Crippen LogP contribution in [0.5, 0.6) is 0 Å². The molecule has 190 valence electrons. The largest absolute Gasteiger partial charge is 0.351 e. The van der Waals surface area contributed by atoms with Crippen LogP contribution in [0, 0.1) is 0 Å². The van der Waals surface area contributed by atoms with Crippen molar-refractivity contribution in [1.82, 2.24) is 9.80 Å². The summed E-state index contributed by atoms with van der Waals surface area (Å²) in [7, 11) is 3.57. The Morgan fingerprint density at radius 3 is 1.25 bits per heavy atom. The lowest BCUT2D eigenvalue weighted by Crippen LogP contribution is -2.37. The standard InChI is InChI=1S/C27H55N3O2/c1-4-5-6-7-8-9-10-11-12-13-14-15-16-17-18-21-24-30(27(28)32)25-22-19-20-23-26(31)29(2)3/h4-25H2,1-3H3,(H2,28,32). The maximum absolute atomic E-state index is 11.6. The first kappa shape index (κ1) is 30.7. The van der Waals surface area contributed by atoms with Crippen molar-refractivity contribution in [3.05, 3.63) is 0 Å². The Morgan fingerprint density at radius 1 is 0.562 bits per heavy atom. The number of amides is 3. The van der Waals surface area contributed by atoms with Gasteiger partial charge in [0.05, 0.1) is 0 Å². The molecule has 0 aliphatic heterocycles. The number of urea groups is 1. The van der Waals surface area contributed by atoms with E-state index in [1.165, 1.54) is 96.3 Å². The highest BCUT2D eigenvalue weighted by molar-refractivity contribution is 5.75. The molecule has 0 aromatic heterocycles. The fourth-order valence-electron chi connectivity index (χ4n) is 4.16. The number of hydrogen-bond donors (Lipinski definition) is 1. The third-order valence-electron chi connectivity index (χ3n) is 6.41. The zero-order chi connectivity index (χ0) is 23.9. The molecule has 0 radical (unpaired) electrons. The fraction of sp³-hybridized carbons (Fsp3) is 0.926. The van der Waals surface area contributed by atoms with Crippen LogP contribution in [0.1, 0.15) is 135 Å². The van der Waals surface area contributed by atoms with Gasteiger partial charge in [0.25, 0.3) is 0 Å². The minimum Gasteiger partial charge on any atom is -0.351 e. The van der Waals surface area contributed by atoms with Crippen LogP contribution in [0.4, 0.5) is 4.79 Å². The summed E-state index contributed by atoms with van der Waals surface area (Å²) in [6.45, 7) is 3.76. The summed E-state index contributed by atoms with van der Waals surface area (Å²) in [6, 6.07) is -0.310. The Morgan fingerprint density at radius 2 is 0.906 bits per heavy atom. The highest BCUT2D eigenvalue weighted by atomic mass is 16.2. The summed E-state index contributed by atoms with van der Waals surface area (Å²) in [5.74, 6) is 0.171. The molecule has 0 aromatic carbocycles. The maximum Gasteiger partial charge on any atom is 0.314 e. The van der Waals surface area contributed by atoms with Crippen LogP contribution in [-0.4, -0.2) is 48.9 Å². The Bertz CT molecular complexity index is 441.